The van der Waals surface area contributed by atoms with Crippen LogP contribution < -0.4 is 5.32 Å². The highest BCUT2D eigenvalue weighted by molar-refractivity contribution is 5.96. The van der Waals surface area contributed by atoms with Crippen LogP contribution in [0.1, 0.15) is 38.7 Å². The van der Waals surface area contributed by atoms with Crippen LogP contribution in [-0.4, -0.2) is 45.4 Å². The van der Waals surface area contributed by atoms with Crippen LogP contribution in [-0.2, 0) is 22.7 Å². The van der Waals surface area contributed by atoms with Gasteiger partial charge in [0, 0.05) is 26.6 Å². The molecule has 0 atom stereocenters. The molecule has 2 aromatic carbocycles. The van der Waals surface area contributed by atoms with Gasteiger partial charge >= 0.3 is 0 Å². The standard InChI is InChI=1S/C26H25N5O4/c1-34-15-17-5-9-19(10-6-17)23(20-11-7-18(8-12-20)16-35-2)29-25(32)21-14-27-24(30-26(21)33)22-4-3-13-28-31-22/h3-14,23H,15-16H2,1-2H3,(H,29,32)(H,27,30,33). The van der Waals surface area contributed by atoms with Crippen LogP contribution in [0.4, 0.5) is 0 Å². The van der Waals surface area contributed by atoms with E-state index in [0.717, 1.165) is 22.3 Å². The van der Waals surface area contributed by atoms with Crippen molar-refractivity contribution in [2.75, 3.05) is 14.2 Å². The Morgan fingerprint density at radius 1 is 0.943 bits per heavy atom. The quantitative estimate of drug-likeness (QED) is 0.381. The van der Waals surface area contributed by atoms with Crippen LogP contribution in [0.25, 0.3) is 11.5 Å². The molecule has 0 radical (unpaired) electrons. The van der Waals surface area contributed by atoms with Gasteiger partial charge in [-0.1, -0.05) is 48.5 Å². The lowest BCUT2D eigenvalue weighted by atomic mass is 9.96. The van der Waals surface area contributed by atoms with E-state index < -0.39 is 17.8 Å². The molecular weight excluding hydrogens is 446 g/mol. The maximum Gasteiger partial charge on any atom is 0.259 e. The zero-order valence-corrected chi connectivity index (χ0v) is 19.4. The van der Waals surface area contributed by atoms with Crippen LogP contribution in [0.5, 0.6) is 5.88 Å². The SMILES string of the molecule is COCc1ccc(C(NC(=O)c2cnc(-c3cccnn3)nc2O)c2ccc(COC)cc2)cc1. The van der Waals surface area contributed by atoms with Crippen molar-refractivity contribution in [2.45, 2.75) is 19.3 Å². The fourth-order valence-electron chi connectivity index (χ4n) is 3.59. The maximum absolute atomic E-state index is 13.2. The van der Waals surface area contributed by atoms with Crippen molar-refractivity contribution in [1.82, 2.24) is 25.5 Å². The maximum atomic E-state index is 13.2. The largest absolute Gasteiger partial charge is 0.493 e. The highest BCUT2D eigenvalue weighted by atomic mass is 16.5. The van der Waals surface area contributed by atoms with Crippen LogP contribution in [0.3, 0.4) is 0 Å². The first kappa shape index (κ1) is 23.9. The van der Waals surface area contributed by atoms with Gasteiger partial charge in [-0.3, -0.25) is 4.79 Å². The van der Waals surface area contributed by atoms with Gasteiger partial charge in [-0.15, -0.1) is 5.10 Å². The first-order valence-electron chi connectivity index (χ1n) is 10.9. The molecule has 4 aromatic rings. The molecule has 0 unspecified atom stereocenters. The lowest BCUT2D eigenvalue weighted by molar-refractivity contribution is 0.0939. The summed E-state index contributed by atoms with van der Waals surface area (Å²) in [6, 6.07) is 18.4. The van der Waals surface area contributed by atoms with Crippen LogP contribution in [0.15, 0.2) is 73.1 Å². The molecule has 178 valence electrons. The van der Waals surface area contributed by atoms with Crippen LogP contribution >= 0.6 is 0 Å². The lowest BCUT2D eigenvalue weighted by Gasteiger charge is -2.21. The lowest BCUT2D eigenvalue weighted by Crippen LogP contribution is -2.29. The second kappa shape index (κ2) is 11.3. The van der Waals surface area contributed by atoms with E-state index in [1.54, 1.807) is 26.4 Å². The minimum atomic E-state index is -0.514. The molecule has 0 spiro atoms. The topological polar surface area (TPSA) is 119 Å². The van der Waals surface area contributed by atoms with Crippen molar-refractivity contribution < 1.29 is 19.4 Å². The minimum absolute atomic E-state index is 0.0466. The van der Waals surface area contributed by atoms with Gasteiger partial charge in [0.05, 0.1) is 19.3 Å². The van der Waals surface area contributed by atoms with E-state index in [9.17, 15) is 9.90 Å². The molecule has 0 saturated carbocycles. The third kappa shape index (κ3) is 5.84. The number of carbonyl (C=O) groups excluding carboxylic acids is 1. The molecule has 2 heterocycles. The second-order valence-electron chi connectivity index (χ2n) is 7.80. The zero-order chi connectivity index (χ0) is 24.6. The molecule has 9 heteroatoms. The number of benzene rings is 2. The molecule has 2 N–H and O–H groups in total. The molecule has 9 nitrogen and oxygen atoms in total. The number of nitrogens with zero attached hydrogens (tertiary/aromatic N) is 4. The zero-order valence-electron chi connectivity index (χ0n) is 19.4. The summed E-state index contributed by atoms with van der Waals surface area (Å²) in [5.74, 6) is -0.783. The third-order valence-electron chi connectivity index (χ3n) is 5.34. The first-order valence-corrected chi connectivity index (χ1v) is 10.9. The van der Waals surface area contributed by atoms with Gasteiger partial charge in [0.25, 0.3) is 5.91 Å². The van der Waals surface area contributed by atoms with Gasteiger partial charge in [-0.05, 0) is 34.4 Å². The van der Waals surface area contributed by atoms with Crippen LogP contribution in [0.2, 0.25) is 0 Å². The smallest absolute Gasteiger partial charge is 0.259 e. The van der Waals surface area contributed by atoms with Crippen LogP contribution in [0, 0.1) is 0 Å². The number of hydrogen-bond acceptors (Lipinski definition) is 8. The van der Waals surface area contributed by atoms with Gasteiger partial charge in [0.15, 0.2) is 5.82 Å². The van der Waals surface area contributed by atoms with E-state index in [4.69, 9.17) is 9.47 Å². The van der Waals surface area contributed by atoms with Crippen molar-refractivity contribution in [3.05, 3.63) is 101 Å². The molecular formula is C26H25N5O4. The van der Waals surface area contributed by atoms with Gasteiger partial charge in [-0.2, -0.15) is 10.1 Å². The first-order chi connectivity index (χ1) is 17.1. The van der Waals surface area contributed by atoms with Crippen molar-refractivity contribution in [3.63, 3.8) is 0 Å². The number of ether oxygens (including phenoxy) is 2. The highest BCUT2D eigenvalue weighted by Crippen LogP contribution is 2.25. The number of rotatable bonds is 9. The monoisotopic (exact) mass is 471 g/mol. The Morgan fingerprint density at radius 2 is 1.54 bits per heavy atom. The third-order valence-corrected chi connectivity index (χ3v) is 5.34. The van der Waals surface area contributed by atoms with E-state index in [1.165, 1.54) is 12.4 Å². The number of aromatic nitrogens is 4. The second-order valence-corrected chi connectivity index (χ2v) is 7.80. The Kier molecular flexibility index (Phi) is 7.71. The molecule has 0 saturated heterocycles. The van der Waals surface area contributed by atoms with Gasteiger partial charge in [0.1, 0.15) is 11.3 Å². The number of aromatic hydroxyl groups is 1. The molecule has 0 bridgehead atoms. The number of amides is 1. The number of hydrogen-bond donors (Lipinski definition) is 2. The van der Waals surface area contributed by atoms with Gasteiger partial charge < -0.3 is 19.9 Å². The Balaban J connectivity index is 1.62. The molecule has 4 rings (SSSR count). The number of carbonyl (C=O) groups is 1. The molecule has 0 aliphatic rings. The fraction of sp³-hybridized carbons (Fsp3) is 0.192. The Bertz CT molecular complexity index is 1220. The normalized spacial score (nSPS) is 10.9. The Labute approximate surface area is 202 Å². The van der Waals surface area contributed by atoms with E-state index in [1.807, 2.05) is 48.5 Å². The summed E-state index contributed by atoms with van der Waals surface area (Å²) in [7, 11) is 3.28. The van der Waals surface area contributed by atoms with E-state index in [0.29, 0.717) is 18.9 Å². The fourth-order valence-corrected chi connectivity index (χ4v) is 3.59. The summed E-state index contributed by atoms with van der Waals surface area (Å²) in [4.78, 5) is 21.4. The molecule has 0 fully saturated rings. The summed E-state index contributed by atoms with van der Waals surface area (Å²) in [5, 5.41) is 21.2. The summed E-state index contributed by atoms with van der Waals surface area (Å²) >= 11 is 0. The van der Waals surface area contributed by atoms with Crippen molar-refractivity contribution in [1.29, 1.82) is 0 Å². The Morgan fingerprint density at radius 3 is 2.03 bits per heavy atom. The predicted molar refractivity (Wildman–Crippen MR) is 128 cm³/mol. The predicted octanol–water partition coefficient (Wildman–Crippen LogP) is 3.45. The van der Waals surface area contributed by atoms with Crippen molar-refractivity contribution in [2.24, 2.45) is 0 Å². The molecule has 0 aliphatic carbocycles. The highest BCUT2D eigenvalue weighted by Gasteiger charge is 2.22. The average molecular weight is 472 g/mol. The summed E-state index contributed by atoms with van der Waals surface area (Å²) < 4.78 is 10.4. The minimum Gasteiger partial charge on any atom is -0.493 e. The van der Waals surface area contributed by atoms with Crippen molar-refractivity contribution >= 4 is 5.91 Å². The molecule has 35 heavy (non-hydrogen) atoms. The van der Waals surface area contributed by atoms with Gasteiger partial charge in [0.2, 0.25) is 5.88 Å². The van der Waals surface area contributed by atoms with E-state index in [-0.39, 0.29) is 11.4 Å². The average Bonchev–Trinajstić information content (AvgIpc) is 2.89. The number of methoxy groups -OCH3 is 2. The summed E-state index contributed by atoms with van der Waals surface area (Å²) in [6.45, 7) is 0.985. The van der Waals surface area contributed by atoms with Crippen molar-refractivity contribution in [3.8, 4) is 17.4 Å². The Hall–Kier alpha value is -4.21. The van der Waals surface area contributed by atoms with Gasteiger partial charge in [-0.25, -0.2) is 4.98 Å². The molecule has 1 amide bonds. The number of nitrogens with one attached hydrogen (secondary N) is 1. The molecule has 0 aliphatic heterocycles. The van der Waals surface area contributed by atoms with E-state index >= 15 is 0 Å². The molecule has 2 aromatic heterocycles. The summed E-state index contributed by atoms with van der Waals surface area (Å²) in [5.41, 5.74) is 4.11. The van der Waals surface area contributed by atoms with E-state index in [2.05, 4.69) is 25.5 Å². The summed E-state index contributed by atoms with van der Waals surface area (Å²) in [6.07, 6.45) is 2.80.